The third-order valence-electron chi connectivity index (χ3n) is 2.52. The Kier molecular flexibility index (Phi) is 2.69. The number of aliphatic hydroxyl groups is 1. The van der Waals surface area contributed by atoms with Crippen molar-refractivity contribution in [2.75, 3.05) is 0 Å². The second-order valence-electron chi connectivity index (χ2n) is 4.43. The molecule has 0 heterocycles. The summed E-state index contributed by atoms with van der Waals surface area (Å²) < 4.78 is 21.5. The van der Waals surface area contributed by atoms with Gasteiger partial charge in [-0.05, 0) is 39.5 Å². The van der Waals surface area contributed by atoms with E-state index in [4.69, 9.17) is 10.7 Å². The molecule has 0 spiro atoms. The third kappa shape index (κ3) is 2.82. The Labute approximate surface area is 83.5 Å². The van der Waals surface area contributed by atoms with Crippen LogP contribution in [0.3, 0.4) is 0 Å². The van der Waals surface area contributed by atoms with Crippen molar-refractivity contribution in [3.05, 3.63) is 0 Å². The average Bonchev–Trinajstić information content (AvgIpc) is 2.58. The monoisotopic (exact) mass is 226 g/mol. The molecule has 0 aromatic rings. The summed E-state index contributed by atoms with van der Waals surface area (Å²) in [6.45, 7) is 3.34. The lowest BCUT2D eigenvalue weighted by Crippen LogP contribution is -2.25. The Hall–Kier alpha value is 0.200. The summed E-state index contributed by atoms with van der Waals surface area (Å²) in [7, 11) is 1.85. The first-order valence-corrected chi connectivity index (χ1v) is 6.64. The van der Waals surface area contributed by atoms with Crippen molar-refractivity contribution in [2.24, 2.45) is 0 Å². The summed E-state index contributed by atoms with van der Waals surface area (Å²) in [5.41, 5.74) is -0.808. The SMILES string of the molecule is CC(C)(O)CCC1(S(=O)(=O)Cl)CC1. The van der Waals surface area contributed by atoms with Crippen LogP contribution in [-0.4, -0.2) is 23.9 Å². The molecule has 0 atom stereocenters. The van der Waals surface area contributed by atoms with Gasteiger partial charge in [0.1, 0.15) is 0 Å². The summed E-state index contributed by atoms with van der Waals surface area (Å²) in [5, 5.41) is 9.44. The van der Waals surface area contributed by atoms with E-state index in [9.17, 15) is 13.5 Å². The van der Waals surface area contributed by atoms with Gasteiger partial charge in [0.2, 0.25) is 9.05 Å². The summed E-state index contributed by atoms with van der Waals surface area (Å²) in [4.78, 5) is 0. The molecule has 13 heavy (non-hydrogen) atoms. The molecule has 78 valence electrons. The molecule has 5 heteroatoms. The van der Waals surface area contributed by atoms with Crippen molar-refractivity contribution in [2.45, 2.75) is 49.9 Å². The van der Waals surface area contributed by atoms with Gasteiger partial charge in [0.15, 0.2) is 0 Å². The van der Waals surface area contributed by atoms with Crippen LogP contribution in [0.2, 0.25) is 0 Å². The normalized spacial score (nSPS) is 21.5. The zero-order valence-electron chi connectivity index (χ0n) is 7.88. The zero-order valence-corrected chi connectivity index (χ0v) is 9.45. The lowest BCUT2D eigenvalue weighted by Gasteiger charge is -2.19. The van der Waals surface area contributed by atoms with Crippen molar-refractivity contribution in [3.63, 3.8) is 0 Å². The van der Waals surface area contributed by atoms with Gasteiger partial charge in [-0.25, -0.2) is 8.42 Å². The van der Waals surface area contributed by atoms with E-state index < -0.39 is 19.4 Å². The maximum absolute atomic E-state index is 11.1. The molecular formula is C8H15ClO3S. The molecule has 0 aromatic carbocycles. The minimum atomic E-state index is -3.45. The van der Waals surface area contributed by atoms with Crippen molar-refractivity contribution < 1.29 is 13.5 Å². The maximum Gasteiger partial charge on any atom is 0.238 e. The topological polar surface area (TPSA) is 54.4 Å². The summed E-state index contributed by atoms with van der Waals surface area (Å²) in [5.74, 6) is 0. The zero-order chi connectivity index (χ0) is 10.3. The van der Waals surface area contributed by atoms with Gasteiger partial charge in [-0.2, -0.15) is 0 Å². The van der Waals surface area contributed by atoms with Crippen LogP contribution in [0.4, 0.5) is 0 Å². The largest absolute Gasteiger partial charge is 0.390 e. The number of halogens is 1. The van der Waals surface area contributed by atoms with E-state index in [1.54, 1.807) is 13.8 Å². The molecule has 1 aliphatic carbocycles. The highest BCUT2D eigenvalue weighted by Gasteiger charge is 2.53. The van der Waals surface area contributed by atoms with Crippen molar-refractivity contribution in [1.82, 2.24) is 0 Å². The fraction of sp³-hybridized carbons (Fsp3) is 1.00. The summed E-state index contributed by atoms with van der Waals surface area (Å²) in [6, 6.07) is 0. The number of hydrogen-bond acceptors (Lipinski definition) is 3. The van der Waals surface area contributed by atoms with Gasteiger partial charge in [-0.1, -0.05) is 0 Å². The fourth-order valence-electron chi connectivity index (χ4n) is 1.29. The van der Waals surface area contributed by atoms with Crippen molar-refractivity contribution in [1.29, 1.82) is 0 Å². The van der Waals surface area contributed by atoms with Crippen LogP contribution in [-0.2, 0) is 9.05 Å². The molecular weight excluding hydrogens is 212 g/mol. The Morgan fingerprint density at radius 2 is 1.92 bits per heavy atom. The maximum atomic E-state index is 11.1. The fourth-order valence-corrected chi connectivity index (χ4v) is 2.92. The average molecular weight is 227 g/mol. The van der Waals surface area contributed by atoms with Gasteiger partial charge >= 0.3 is 0 Å². The van der Waals surface area contributed by atoms with Crippen LogP contribution in [0, 0.1) is 0 Å². The van der Waals surface area contributed by atoms with Crippen LogP contribution in [0.15, 0.2) is 0 Å². The number of hydrogen-bond donors (Lipinski definition) is 1. The molecule has 0 bridgehead atoms. The van der Waals surface area contributed by atoms with Crippen molar-refractivity contribution >= 4 is 19.7 Å². The van der Waals surface area contributed by atoms with Gasteiger partial charge in [-0.15, -0.1) is 0 Å². The molecule has 0 aromatic heterocycles. The Bertz CT molecular complexity index is 285. The van der Waals surface area contributed by atoms with Gasteiger partial charge in [-0.3, -0.25) is 0 Å². The van der Waals surface area contributed by atoms with E-state index >= 15 is 0 Å². The summed E-state index contributed by atoms with van der Waals surface area (Å²) in [6.07, 6.45) is 2.20. The van der Waals surface area contributed by atoms with Crippen LogP contribution in [0.25, 0.3) is 0 Å². The number of rotatable bonds is 4. The molecule has 1 fully saturated rings. The Balaban J connectivity index is 2.56. The standard InChI is InChI=1S/C8H15ClO3S/c1-7(2,10)3-4-8(5-6-8)13(9,11)12/h10H,3-6H2,1-2H3. The van der Waals surface area contributed by atoms with E-state index in [1.165, 1.54) is 0 Å². The van der Waals surface area contributed by atoms with Gasteiger partial charge in [0.05, 0.1) is 10.3 Å². The predicted molar refractivity (Wildman–Crippen MR) is 52.3 cm³/mol. The molecule has 0 saturated heterocycles. The molecule has 1 aliphatic rings. The molecule has 3 nitrogen and oxygen atoms in total. The molecule has 1 saturated carbocycles. The molecule has 0 radical (unpaired) electrons. The molecule has 0 aliphatic heterocycles. The quantitative estimate of drug-likeness (QED) is 0.742. The smallest absolute Gasteiger partial charge is 0.238 e. The predicted octanol–water partition coefficient (Wildman–Crippen LogP) is 1.64. The molecule has 0 unspecified atom stereocenters. The van der Waals surface area contributed by atoms with Crippen LogP contribution in [0.5, 0.6) is 0 Å². The first kappa shape index (κ1) is 11.3. The Morgan fingerprint density at radius 3 is 2.15 bits per heavy atom. The second-order valence-corrected chi connectivity index (χ2v) is 7.39. The van der Waals surface area contributed by atoms with E-state index in [2.05, 4.69) is 0 Å². The lowest BCUT2D eigenvalue weighted by atomic mass is 10.0. The minimum Gasteiger partial charge on any atom is -0.390 e. The van der Waals surface area contributed by atoms with E-state index in [0.29, 0.717) is 25.7 Å². The van der Waals surface area contributed by atoms with Crippen LogP contribution >= 0.6 is 10.7 Å². The first-order valence-electron chi connectivity index (χ1n) is 4.33. The van der Waals surface area contributed by atoms with E-state index in [1.807, 2.05) is 0 Å². The van der Waals surface area contributed by atoms with Gasteiger partial charge in [0.25, 0.3) is 0 Å². The van der Waals surface area contributed by atoms with E-state index in [-0.39, 0.29) is 0 Å². The summed E-state index contributed by atoms with van der Waals surface area (Å²) >= 11 is 0. The molecule has 0 amide bonds. The highest BCUT2D eigenvalue weighted by atomic mass is 35.7. The highest BCUT2D eigenvalue weighted by Crippen LogP contribution is 2.49. The van der Waals surface area contributed by atoms with Crippen LogP contribution < -0.4 is 0 Å². The first-order chi connectivity index (χ1) is 5.66. The molecule has 1 N–H and O–H groups in total. The van der Waals surface area contributed by atoms with E-state index in [0.717, 1.165) is 0 Å². The lowest BCUT2D eigenvalue weighted by molar-refractivity contribution is 0.0680. The van der Waals surface area contributed by atoms with Crippen molar-refractivity contribution in [3.8, 4) is 0 Å². The van der Waals surface area contributed by atoms with Crippen LogP contribution in [0.1, 0.15) is 39.5 Å². The second kappa shape index (κ2) is 3.11. The van der Waals surface area contributed by atoms with Gasteiger partial charge in [0, 0.05) is 10.7 Å². The Morgan fingerprint density at radius 1 is 1.46 bits per heavy atom. The molecule has 1 rings (SSSR count). The highest BCUT2D eigenvalue weighted by molar-refractivity contribution is 8.15. The third-order valence-corrected chi connectivity index (χ3v) is 5.15. The van der Waals surface area contributed by atoms with Gasteiger partial charge < -0.3 is 5.11 Å². The minimum absolute atomic E-state index is 0.461.